The molecule has 1 aromatic heterocycles. The summed E-state index contributed by atoms with van der Waals surface area (Å²) in [7, 11) is 1.75. The Morgan fingerprint density at radius 1 is 1.41 bits per heavy atom. The number of fused-ring (bicyclic) bond motifs is 1. The number of amides is 1. The number of nitrogens with one attached hydrogen (secondary N) is 1. The van der Waals surface area contributed by atoms with Crippen LogP contribution in [0.25, 0.3) is 0 Å². The number of rotatable bonds is 4. The monoisotopic (exact) mass is 303 g/mol. The number of nitrogens with zero attached hydrogens (tertiary/aromatic N) is 2. The molecule has 1 aromatic rings. The van der Waals surface area contributed by atoms with Crippen LogP contribution in [-0.2, 0) is 16.1 Å². The maximum atomic E-state index is 12.2. The first-order valence-corrected chi connectivity index (χ1v) is 8.16. The van der Waals surface area contributed by atoms with Crippen LogP contribution in [0.4, 0.5) is 0 Å². The van der Waals surface area contributed by atoms with Gasteiger partial charge in [-0.15, -0.1) is 0 Å². The molecule has 3 atom stereocenters. The van der Waals surface area contributed by atoms with Crippen LogP contribution >= 0.6 is 0 Å². The van der Waals surface area contributed by atoms with Crippen LogP contribution in [0.5, 0.6) is 0 Å². The molecule has 3 heterocycles. The Hall–Kier alpha value is -1.46. The number of piperidine rings is 1. The van der Waals surface area contributed by atoms with Gasteiger partial charge in [0.05, 0.1) is 6.61 Å². The zero-order valence-electron chi connectivity index (χ0n) is 13.2. The summed E-state index contributed by atoms with van der Waals surface area (Å²) in [6.07, 6.45) is 5.75. The van der Waals surface area contributed by atoms with Gasteiger partial charge in [0.2, 0.25) is 5.91 Å². The lowest BCUT2D eigenvalue weighted by molar-refractivity contribution is -0.131. The Morgan fingerprint density at radius 3 is 3.05 bits per heavy atom. The molecule has 5 nitrogen and oxygen atoms in total. The third-order valence-corrected chi connectivity index (χ3v) is 5.04. The summed E-state index contributed by atoms with van der Waals surface area (Å²) in [6.45, 7) is 4.44. The van der Waals surface area contributed by atoms with E-state index in [9.17, 15) is 4.79 Å². The number of aromatic nitrogens is 1. The van der Waals surface area contributed by atoms with Gasteiger partial charge >= 0.3 is 0 Å². The average molecular weight is 303 g/mol. The molecule has 0 saturated carbocycles. The first-order chi connectivity index (χ1) is 10.8. The van der Waals surface area contributed by atoms with Crippen molar-refractivity contribution in [3.8, 4) is 0 Å². The Bertz CT molecular complexity index is 494. The van der Waals surface area contributed by atoms with Gasteiger partial charge in [-0.1, -0.05) is 6.07 Å². The molecule has 2 aliphatic rings. The standard InChI is InChI=1S/C17H25N3O2/c1-22-12-14-10-19-17(21)16-5-8-20(7-4-15(14)16)11-13-3-2-6-18-9-13/h2-3,6,9,14-16H,4-5,7-8,10-12H2,1H3,(H,19,21)/t14-,15-,16-/m1/s1. The van der Waals surface area contributed by atoms with Gasteiger partial charge in [-0.2, -0.15) is 0 Å². The summed E-state index contributed by atoms with van der Waals surface area (Å²) in [5.41, 5.74) is 1.24. The van der Waals surface area contributed by atoms with Crippen LogP contribution in [0.1, 0.15) is 18.4 Å². The number of methoxy groups -OCH3 is 1. The molecule has 1 N–H and O–H groups in total. The Labute approximate surface area is 132 Å². The van der Waals surface area contributed by atoms with Crippen LogP contribution in [0.3, 0.4) is 0 Å². The third-order valence-electron chi connectivity index (χ3n) is 5.04. The van der Waals surface area contributed by atoms with Crippen molar-refractivity contribution in [2.24, 2.45) is 17.8 Å². The van der Waals surface area contributed by atoms with E-state index in [1.165, 1.54) is 5.56 Å². The van der Waals surface area contributed by atoms with E-state index in [-0.39, 0.29) is 11.8 Å². The van der Waals surface area contributed by atoms with E-state index in [2.05, 4.69) is 21.3 Å². The van der Waals surface area contributed by atoms with Crippen LogP contribution in [0.2, 0.25) is 0 Å². The molecule has 0 bridgehead atoms. The lowest BCUT2D eigenvalue weighted by Crippen LogP contribution is -2.49. The minimum atomic E-state index is 0.146. The molecule has 0 aromatic carbocycles. The summed E-state index contributed by atoms with van der Waals surface area (Å²) >= 11 is 0. The average Bonchev–Trinajstić information content (AvgIpc) is 2.75. The highest BCUT2D eigenvalue weighted by Gasteiger charge is 2.39. The smallest absolute Gasteiger partial charge is 0.223 e. The Kier molecular flexibility index (Phi) is 5.05. The summed E-state index contributed by atoms with van der Waals surface area (Å²) in [5, 5.41) is 3.06. The lowest BCUT2D eigenvalue weighted by Gasteiger charge is -2.36. The highest BCUT2D eigenvalue weighted by Crippen LogP contribution is 2.34. The van der Waals surface area contributed by atoms with Gasteiger partial charge in [0, 0.05) is 44.4 Å². The molecule has 120 valence electrons. The number of likely N-dealkylation sites (tertiary alicyclic amines) is 1. The van der Waals surface area contributed by atoms with Gasteiger partial charge in [-0.3, -0.25) is 14.7 Å². The van der Waals surface area contributed by atoms with Crippen molar-refractivity contribution in [3.63, 3.8) is 0 Å². The highest BCUT2D eigenvalue weighted by molar-refractivity contribution is 5.79. The quantitative estimate of drug-likeness (QED) is 0.911. The van der Waals surface area contributed by atoms with Gasteiger partial charge in [-0.05, 0) is 43.5 Å². The van der Waals surface area contributed by atoms with E-state index in [0.717, 1.165) is 45.6 Å². The van der Waals surface area contributed by atoms with Crippen LogP contribution < -0.4 is 5.32 Å². The predicted octanol–water partition coefficient (Wildman–Crippen LogP) is 1.30. The number of hydrogen-bond donors (Lipinski definition) is 1. The van der Waals surface area contributed by atoms with Crippen molar-refractivity contribution in [1.29, 1.82) is 0 Å². The van der Waals surface area contributed by atoms with E-state index in [4.69, 9.17) is 4.74 Å². The summed E-state index contributed by atoms with van der Waals surface area (Å²) in [4.78, 5) is 18.9. The van der Waals surface area contributed by atoms with E-state index >= 15 is 0 Å². The fourth-order valence-corrected chi connectivity index (χ4v) is 3.89. The topological polar surface area (TPSA) is 54.5 Å². The second kappa shape index (κ2) is 7.20. The molecule has 3 rings (SSSR count). The number of ether oxygens (including phenoxy) is 1. The van der Waals surface area contributed by atoms with Gasteiger partial charge < -0.3 is 10.1 Å². The molecular formula is C17H25N3O2. The fraction of sp³-hybridized carbons (Fsp3) is 0.647. The summed E-state index contributed by atoms with van der Waals surface area (Å²) in [6, 6.07) is 4.10. The molecule has 0 unspecified atom stereocenters. The minimum Gasteiger partial charge on any atom is -0.384 e. The van der Waals surface area contributed by atoms with Gasteiger partial charge in [0.25, 0.3) is 0 Å². The van der Waals surface area contributed by atoms with Crippen LogP contribution in [-0.4, -0.2) is 49.1 Å². The normalized spacial score (nSPS) is 29.5. The number of carbonyl (C=O) groups is 1. The van der Waals surface area contributed by atoms with Crippen molar-refractivity contribution in [2.45, 2.75) is 19.4 Å². The fourth-order valence-electron chi connectivity index (χ4n) is 3.89. The van der Waals surface area contributed by atoms with Crippen molar-refractivity contribution in [2.75, 3.05) is 33.4 Å². The molecule has 1 amide bonds. The maximum Gasteiger partial charge on any atom is 0.223 e. The summed E-state index contributed by atoms with van der Waals surface area (Å²) < 4.78 is 5.36. The van der Waals surface area contributed by atoms with E-state index < -0.39 is 0 Å². The minimum absolute atomic E-state index is 0.146. The summed E-state index contributed by atoms with van der Waals surface area (Å²) in [5.74, 6) is 1.28. The SMILES string of the molecule is COC[C@H]1CNC(=O)[C@@H]2CCN(Cc3cccnc3)CC[C@H]12. The van der Waals surface area contributed by atoms with Crippen LogP contribution in [0.15, 0.2) is 24.5 Å². The van der Waals surface area contributed by atoms with Gasteiger partial charge in [0.1, 0.15) is 0 Å². The van der Waals surface area contributed by atoms with E-state index in [1.807, 2.05) is 12.3 Å². The number of hydrogen-bond acceptors (Lipinski definition) is 4. The second-order valence-electron chi connectivity index (χ2n) is 6.45. The third kappa shape index (κ3) is 3.47. The largest absolute Gasteiger partial charge is 0.384 e. The molecule has 0 spiro atoms. The first-order valence-electron chi connectivity index (χ1n) is 8.16. The molecular weight excluding hydrogens is 278 g/mol. The zero-order valence-corrected chi connectivity index (χ0v) is 13.2. The molecule has 0 radical (unpaired) electrons. The maximum absolute atomic E-state index is 12.2. The van der Waals surface area contributed by atoms with E-state index in [1.54, 1.807) is 13.3 Å². The molecule has 2 fully saturated rings. The zero-order chi connectivity index (χ0) is 15.4. The van der Waals surface area contributed by atoms with Crippen LogP contribution in [0, 0.1) is 17.8 Å². The predicted molar refractivity (Wildman–Crippen MR) is 84.1 cm³/mol. The Balaban J connectivity index is 1.65. The van der Waals surface area contributed by atoms with Crippen molar-refractivity contribution in [3.05, 3.63) is 30.1 Å². The molecule has 2 aliphatic heterocycles. The van der Waals surface area contributed by atoms with Gasteiger partial charge in [-0.25, -0.2) is 0 Å². The lowest BCUT2D eigenvalue weighted by atomic mass is 9.75. The molecule has 22 heavy (non-hydrogen) atoms. The van der Waals surface area contributed by atoms with Gasteiger partial charge in [0.15, 0.2) is 0 Å². The van der Waals surface area contributed by atoms with E-state index in [0.29, 0.717) is 11.8 Å². The molecule has 2 saturated heterocycles. The second-order valence-corrected chi connectivity index (χ2v) is 6.45. The molecule has 5 heteroatoms. The first kappa shape index (κ1) is 15.4. The Morgan fingerprint density at radius 2 is 2.27 bits per heavy atom. The van der Waals surface area contributed by atoms with Crippen molar-refractivity contribution >= 4 is 5.91 Å². The van der Waals surface area contributed by atoms with Crippen molar-refractivity contribution in [1.82, 2.24) is 15.2 Å². The highest BCUT2D eigenvalue weighted by atomic mass is 16.5. The number of carbonyl (C=O) groups excluding carboxylic acids is 1. The number of pyridine rings is 1. The van der Waals surface area contributed by atoms with Crippen molar-refractivity contribution < 1.29 is 9.53 Å². The molecule has 0 aliphatic carbocycles.